The molecule has 2 aromatic rings. The van der Waals surface area contributed by atoms with Gasteiger partial charge >= 0.3 is 0 Å². The van der Waals surface area contributed by atoms with Crippen LogP contribution in [0.4, 0.5) is 4.39 Å². The Balaban J connectivity index is 2.16. The molecule has 20 heavy (non-hydrogen) atoms. The van der Waals surface area contributed by atoms with Crippen molar-refractivity contribution in [2.45, 2.75) is 12.6 Å². The van der Waals surface area contributed by atoms with E-state index in [4.69, 9.17) is 15.2 Å². The Hall–Kier alpha value is -2.07. The second-order valence-corrected chi connectivity index (χ2v) is 4.45. The normalized spacial score (nSPS) is 11.9. The summed E-state index contributed by atoms with van der Waals surface area (Å²) in [5, 5.41) is 0. The lowest BCUT2D eigenvalue weighted by Crippen LogP contribution is -2.12. The van der Waals surface area contributed by atoms with Crippen molar-refractivity contribution in [2.75, 3.05) is 13.8 Å². The summed E-state index contributed by atoms with van der Waals surface area (Å²) < 4.78 is 23.6. The van der Waals surface area contributed by atoms with Gasteiger partial charge in [0.05, 0.1) is 13.2 Å². The lowest BCUT2D eigenvalue weighted by Gasteiger charge is -2.14. The molecule has 0 aliphatic carbocycles. The zero-order valence-electron chi connectivity index (χ0n) is 11.4. The summed E-state index contributed by atoms with van der Waals surface area (Å²) in [5.41, 5.74) is 7.43. The molecular formula is C16H18FNO2. The first-order valence-electron chi connectivity index (χ1n) is 6.40. The van der Waals surface area contributed by atoms with Gasteiger partial charge in [-0.05, 0) is 23.3 Å². The largest absolute Gasteiger partial charge is 0.493 e. The molecule has 0 aromatic heterocycles. The lowest BCUT2D eigenvalue weighted by molar-refractivity contribution is 0.283. The van der Waals surface area contributed by atoms with Gasteiger partial charge in [0.2, 0.25) is 0 Å². The first kappa shape index (κ1) is 14.3. The molecule has 0 bridgehead atoms. The van der Waals surface area contributed by atoms with Gasteiger partial charge in [-0.3, -0.25) is 0 Å². The molecule has 0 saturated carbocycles. The fraction of sp³-hybridized carbons (Fsp3) is 0.250. The van der Waals surface area contributed by atoms with Crippen molar-refractivity contribution in [3.05, 3.63) is 59.7 Å². The Morgan fingerprint density at radius 3 is 2.50 bits per heavy atom. The number of hydrogen-bond acceptors (Lipinski definition) is 3. The minimum Gasteiger partial charge on any atom is -0.493 e. The number of methoxy groups -OCH3 is 1. The Morgan fingerprint density at radius 1 is 1.10 bits per heavy atom. The molecule has 2 aromatic carbocycles. The Kier molecular flexibility index (Phi) is 4.96. The van der Waals surface area contributed by atoms with E-state index in [1.165, 1.54) is 0 Å². The minimum atomic E-state index is -0.639. The van der Waals surface area contributed by atoms with Crippen molar-refractivity contribution in [1.82, 2.24) is 0 Å². The summed E-state index contributed by atoms with van der Waals surface area (Å²) in [6, 6.07) is 14.4. The highest BCUT2D eigenvalue weighted by Crippen LogP contribution is 2.30. The molecule has 0 amide bonds. The fourth-order valence-electron chi connectivity index (χ4n) is 1.86. The number of ether oxygens (including phenoxy) is 2. The summed E-state index contributed by atoms with van der Waals surface area (Å²) in [5.74, 6) is 1.17. The van der Waals surface area contributed by atoms with Gasteiger partial charge in [0.15, 0.2) is 11.5 Å². The molecule has 0 heterocycles. The van der Waals surface area contributed by atoms with Gasteiger partial charge in [-0.25, -0.2) is 4.39 Å². The zero-order chi connectivity index (χ0) is 14.4. The van der Waals surface area contributed by atoms with E-state index in [1.54, 1.807) is 25.3 Å². The van der Waals surface area contributed by atoms with Crippen LogP contribution in [0.1, 0.15) is 17.2 Å². The standard InChI is InChI=1S/C16H18FNO2/c1-19-15-8-7-13(14(18)10-17)9-16(15)20-11-12-5-3-2-4-6-12/h2-9,14H,10-11,18H2,1H3/t14-/m1/s1. The second kappa shape index (κ2) is 6.91. The van der Waals surface area contributed by atoms with Crippen molar-refractivity contribution in [1.29, 1.82) is 0 Å². The van der Waals surface area contributed by atoms with Crippen LogP contribution in [0.5, 0.6) is 11.5 Å². The van der Waals surface area contributed by atoms with Gasteiger partial charge in [0.1, 0.15) is 13.3 Å². The highest BCUT2D eigenvalue weighted by atomic mass is 19.1. The summed E-state index contributed by atoms with van der Waals surface area (Å²) in [7, 11) is 1.57. The van der Waals surface area contributed by atoms with Crippen LogP contribution >= 0.6 is 0 Å². The van der Waals surface area contributed by atoms with Crippen LogP contribution in [-0.2, 0) is 6.61 Å². The van der Waals surface area contributed by atoms with E-state index in [0.29, 0.717) is 23.7 Å². The maximum absolute atomic E-state index is 12.6. The molecule has 0 fully saturated rings. The van der Waals surface area contributed by atoms with E-state index >= 15 is 0 Å². The van der Waals surface area contributed by atoms with Crippen molar-refractivity contribution in [2.24, 2.45) is 5.73 Å². The summed E-state index contributed by atoms with van der Waals surface area (Å²) in [6.07, 6.45) is 0. The molecule has 1 atom stereocenters. The van der Waals surface area contributed by atoms with E-state index in [9.17, 15) is 4.39 Å². The Morgan fingerprint density at radius 2 is 1.85 bits per heavy atom. The van der Waals surface area contributed by atoms with E-state index < -0.39 is 12.7 Å². The van der Waals surface area contributed by atoms with Crippen molar-refractivity contribution >= 4 is 0 Å². The molecule has 0 unspecified atom stereocenters. The van der Waals surface area contributed by atoms with E-state index in [1.807, 2.05) is 30.3 Å². The lowest BCUT2D eigenvalue weighted by atomic mass is 10.1. The molecule has 0 spiro atoms. The molecule has 4 heteroatoms. The topological polar surface area (TPSA) is 44.5 Å². The SMILES string of the molecule is COc1ccc([C@H](N)CF)cc1OCc1ccccc1. The smallest absolute Gasteiger partial charge is 0.161 e. The van der Waals surface area contributed by atoms with Gasteiger partial charge in [0, 0.05) is 0 Å². The van der Waals surface area contributed by atoms with Gasteiger partial charge < -0.3 is 15.2 Å². The molecule has 106 valence electrons. The van der Waals surface area contributed by atoms with Crippen LogP contribution in [0.2, 0.25) is 0 Å². The molecule has 2 rings (SSSR count). The molecular weight excluding hydrogens is 257 g/mol. The summed E-state index contributed by atoms with van der Waals surface area (Å²) in [4.78, 5) is 0. The Labute approximate surface area is 118 Å². The first-order chi connectivity index (χ1) is 9.74. The van der Waals surface area contributed by atoms with E-state index in [2.05, 4.69) is 0 Å². The first-order valence-corrected chi connectivity index (χ1v) is 6.40. The number of benzene rings is 2. The van der Waals surface area contributed by atoms with Gasteiger partial charge in [-0.15, -0.1) is 0 Å². The zero-order valence-corrected chi connectivity index (χ0v) is 11.4. The quantitative estimate of drug-likeness (QED) is 0.880. The summed E-state index contributed by atoms with van der Waals surface area (Å²) >= 11 is 0. The monoisotopic (exact) mass is 275 g/mol. The molecule has 0 saturated heterocycles. The predicted octanol–water partition coefficient (Wildman–Crippen LogP) is 3.24. The van der Waals surface area contributed by atoms with Crippen LogP contribution < -0.4 is 15.2 Å². The predicted molar refractivity (Wildman–Crippen MR) is 76.7 cm³/mol. The van der Waals surface area contributed by atoms with Crippen molar-refractivity contribution in [3.63, 3.8) is 0 Å². The van der Waals surface area contributed by atoms with Gasteiger partial charge in [-0.1, -0.05) is 36.4 Å². The van der Waals surface area contributed by atoms with E-state index in [0.717, 1.165) is 5.56 Å². The number of alkyl halides is 1. The second-order valence-electron chi connectivity index (χ2n) is 4.45. The third kappa shape index (κ3) is 3.48. The van der Waals surface area contributed by atoms with Crippen LogP contribution in [0.25, 0.3) is 0 Å². The fourth-order valence-corrected chi connectivity index (χ4v) is 1.86. The number of halogens is 1. The third-order valence-electron chi connectivity index (χ3n) is 3.02. The summed E-state index contributed by atoms with van der Waals surface area (Å²) in [6.45, 7) is -0.185. The van der Waals surface area contributed by atoms with E-state index in [-0.39, 0.29) is 0 Å². The average Bonchev–Trinajstić information content (AvgIpc) is 2.52. The average molecular weight is 275 g/mol. The molecule has 3 nitrogen and oxygen atoms in total. The number of nitrogens with two attached hydrogens (primary N) is 1. The van der Waals surface area contributed by atoms with Gasteiger partial charge in [0.25, 0.3) is 0 Å². The van der Waals surface area contributed by atoms with Crippen LogP contribution in [0.3, 0.4) is 0 Å². The third-order valence-corrected chi connectivity index (χ3v) is 3.02. The molecule has 0 aliphatic rings. The number of hydrogen-bond donors (Lipinski definition) is 1. The number of rotatable bonds is 6. The maximum Gasteiger partial charge on any atom is 0.161 e. The molecule has 0 aliphatic heterocycles. The minimum absolute atomic E-state index is 0.422. The van der Waals surface area contributed by atoms with Gasteiger partial charge in [-0.2, -0.15) is 0 Å². The molecule has 0 radical (unpaired) electrons. The highest BCUT2D eigenvalue weighted by Gasteiger charge is 2.11. The van der Waals surface area contributed by atoms with Crippen molar-refractivity contribution < 1.29 is 13.9 Å². The van der Waals surface area contributed by atoms with Crippen LogP contribution in [0, 0.1) is 0 Å². The van der Waals surface area contributed by atoms with Crippen LogP contribution in [-0.4, -0.2) is 13.8 Å². The van der Waals surface area contributed by atoms with Crippen molar-refractivity contribution in [3.8, 4) is 11.5 Å². The Bertz CT molecular complexity index is 545. The van der Waals surface area contributed by atoms with Crippen LogP contribution in [0.15, 0.2) is 48.5 Å². The highest BCUT2D eigenvalue weighted by molar-refractivity contribution is 5.44. The maximum atomic E-state index is 12.6. The molecule has 2 N–H and O–H groups in total.